The quantitative estimate of drug-likeness (QED) is 0.257. The van der Waals surface area contributed by atoms with Crippen molar-refractivity contribution in [1.82, 2.24) is 0 Å². The molecule has 0 amide bonds. The van der Waals surface area contributed by atoms with Crippen LogP contribution < -0.4 is 0 Å². The van der Waals surface area contributed by atoms with Crippen LogP contribution in [0.25, 0.3) is 0 Å². The Hall–Kier alpha value is -1.39. The highest BCUT2D eigenvalue weighted by molar-refractivity contribution is 5.66. The smallest absolute Gasteiger partial charge is 0.303 e. The van der Waals surface area contributed by atoms with E-state index in [9.17, 15) is 9.90 Å². The molecular formula is C25H42O4. The van der Waals surface area contributed by atoms with E-state index in [2.05, 4.69) is 31.2 Å². The van der Waals surface area contributed by atoms with E-state index in [0.29, 0.717) is 12.7 Å². The van der Waals surface area contributed by atoms with E-state index in [1.165, 1.54) is 24.8 Å². The summed E-state index contributed by atoms with van der Waals surface area (Å²) in [7, 11) is 0. The van der Waals surface area contributed by atoms with Crippen molar-refractivity contribution in [2.45, 2.75) is 116 Å². The number of benzene rings is 1. The van der Waals surface area contributed by atoms with Crippen LogP contribution in [0.5, 0.6) is 0 Å². The van der Waals surface area contributed by atoms with Crippen LogP contribution in [0.15, 0.2) is 30.3 Å². The van der Waals surface area contributed by atoms with E-state index >= 15 is 0 Å². The van der Waals surface area contributed by atoms with Crippen LogP contribution in [0, 0.1) is 0 Å². The van der Waals surface area contributed by atoms with Crippen LogP contribution in [0.4, 0.5) is 0 Å². The molecule has 0 aromatic heterocycles. The predicted molar refractivity (Wildman–Crippen MR) is 119 cm³/mol. The molecule has 0 aliphatic heterocycles. The lowest BCUT2D eigenvalue weighted by atomic mass is 10.0. The molecule has 2 N–H and O–H groups in total. The first-order chi connectivity index (χ1) is 14.1. The van der Waals surface area contributed by atoms with Crippen LogP contribution in [-0.2, 0) is 16.1 Å². The van der Waals surface area contributed by atoms with E-state index in [4.69, 9.17) is 9.84 Å². The predicted octanol–water partition coefficient (Wildman–Crippen LogP) is 6.50. The van der Waals surface area contributed by atoms with Crippen molar-refractivity contribution in [3.63, 3.8) is 0 Å². The lowest BCUT2D eigenvalue weighted by molar-refractivity contribution is -0.137. The first kappa shape index (κ1) is 25.6. The fourth-order valence-corrected chi connectivity index (χ4v) is 3.63. The van der Waals surface area contributed by atoms with Crippen molar-refractivity contribution < 1.29 is 19.7 Å². The lowest BCUT2D eigenvalue weighted by Gasteiger charge is -2.16. The minimum Gasteiger partial charge on any atom is -0.481 e. The Morgan fingerprint density at radius 3 is 2.00 bits per heavy atom. The normalized spacial score (nSPS) is 13.3. The van der Waals surface area contributed by atoms with Gasteiger partial charge in [0, 0.05) is 6.42 Å². The number of carboxylic acids is 1. The van der Waals surface area contributed by atoms with Crippen LogP contribution >= 0.6 is 0 Å². The molecular weight excluding hydrogens is 364 g/mol. The molecule has 166 valence electrons. The van der Waals surface area contributed by atoms with Gasteiger partial charge in [-0.3, -0.25) is 4.79 Å². The van der Waals surface area contributed by atoms with Gasteiger partial charge in [0.15, 0.2) is 0 Å². The van der Waals surface area contributed by atoms with Gasteiger partial charge in [0.2, 0.25) is 0 Å². The first-order valence-electron chi connectivity index (χ1n) is 11.7. The van der Waals surface area contributed by atoms with Gasteiger partial charge in [0.1, 0.15) is 0 Å². The van der Waals surface area contributed by atoms with Crippen molar-refractivity contribution in [3.8, 4) is 0 Å². The van der Waals surface area contributed by atoms with Crippen molar-refractivity contribution in [2.75, 3.05) is 0 Å². The zero-order valence-corrected chi connectivity index (χ0v) is 18.4. The number of carbonyl (C=O) groups is 1. The molecule has 0 bridgehead atoms. The summed E-state index contributed by atoms with van der Waals surface area (Å²) in [5.41, 5.74) is 1.24. The first-order valence-corrected chi connectivity index (χ1v) is 11.7. The number of hydrogen-bond donors (Lipinski definition) is 2. The van der Waals surface area contributed by atoms with Crippen LogP contribution in [0.3, 0.4) is 0 Å². The number of aliphatic hydroxyl groups excluding tert-OH is 1. The largest absolute Gasteiger partial charge is 0.481 e. The summed E-state index contributed by atoms with van der Waals surface area (Å²) in [5, 5.41) is 18.7. The van der Waals surface area contributed by atoms with E-state index in [1.54, 1.807) is 0 Å². The third-order valence-corrected chi connectivity index (χ3v) is 5.53. The summed E-state index contributed by atoms with van der Waals surface area (Å²) in [6.45, 7) is 2.89. The summed E-state index contributed by atoms with van der Waals surface area (Å²) in [4.78, 5) is 10.4. The molecule has 1 aromatic carbocycles. The summed E-state index contributed by atoms with van der Waals surface area (Å²) in [6.07, 6.45) is 14.1. The Morgan fingerprint density at radius 2 is 1.41 bits per heavy atom. The van der Waals surface area contributed by atoms with Gasteiger partial charge in [-0.15, -0.1) is 0 Å². The van der Waals surface area contributed by atoms with Crippen molar-refractivity contribution in [1.29, 1.82) is 0 Å². The molecule has 1 rings (SSSR count). The van der Waals surface area contributed by atoms with Crippen molar-refractivity contribution >= 4 is 5.97 Å². The Labute approximate surface area is 177 Å². The molecule has 0 spiro atoms. The molecule has 0 radical (unpaired) electrons. The van der Waals surface area contributed by atoms with Crippen LogP contribution in [0.1, 0.15) is 102 Å². The van der Waals surface area contributed by atoms with E-state index < -0.39 is 5.97 Å². The fraction of sp³-hybridized carbons (Fsp3) is 0.720. The molecule has 0 aliphatic rings. The Kier molecular flexibility index (Phi) is 15.4. The van der Waals surface area contributed by atoms with Gasteiger partial charge >= 0.3 is 5.97 Å². The molecule has 4 nitrogen and oxygen atoms in total. The minimum absolute atomic E-state index is 0.174. The second-order valence-electron chi connectivity index (χ2n) is 8.17. The minimum atomic E-state index is -0.703. The van der Waals surface area contributed by atoms with Crippen molar-refractivity contribution in [3.05, 3.63) is 35.9 Å². The average Bonchev–Trinajstić information content (AvgIpc) is 2.72. The third kappa shape index (κ3) is 15.2. The second-order valence-corrected chi connectivity index (χ2v) is 8.17. The average molecular weight is 407 g/mol. The molecule has 1 aromatic rings. The maximum atomic E-state index is 10.4. The van der Waals surface area contributed by atoms with Gasteiger partial charge in [0.25, 0.3) is 0 Å². The van der Waals surface area contributed by atoms with Gasteiger partial charge < -0.3 is 14.9 Å². The van der Waals surface area contributed by atoms with Gasteiger partial charge in [-0.25, -0.2) is 0 Å². The molecule has 0 saturated carbocycles. The summed E-state index contributed by atoms with van der Waals surface area (Å²) in [6, 6.07) is 10.4. The second kappa shape index (κ2) is 17.5. The van der Waals surface area contributed by atoms with Gasteiger partial charge in [-0.05, 0) is 37.7 Å². The number of aliphatic carboxylic acids is 1. The Bertz CT molecular complexity index is 503. The topological polar surface area (TPSA) is 66.8 Å². The van der Waals surface area contributed by atoms with Gasteiger partial charge in [0.05, 0.1) is 18.8 Å². The highest BCUT2D eigenvalue weighted by Crippen LogP contribution is 2.16. The number of ether oxygens (including phenoxy) is 1. The highest BCUT2D eigenvalue weighted by atomic mass is 16.5. The molecule has 2 atom stereocenters. The monoisotopic (exact) mass is 406 g/mol. The zero-order valence-electron chi connectivity index (χ0n) is 18.4. The molecule has 0 fully saturated rings. The fourth-order valence-electron chi connectivity index (χ4n) is 3.63. The van der Waals surface area contributed by atoms with E-state index in [-0.39, 0.29) is 12.5 Å². The lowest BCUT2D eigenvalue weighted by Crippen LogP contribution is -2.11. The molecule has 29 heavy (non-hydrogen) atoms. The molecule has 0 heterocycles. The number of aliphatic hydroxyl groups is 1. The van der Waals surface area contributed by atoms with Gasteiger partial charge in [-0.2, -0.15) is 0 Å². The molecule has 0 saturated heterocycles. The summed E-state index contributed by atoms with van der Waals surface area (Å²) >= 11 is 0. The Morgan fingerprint density at radius 1 is 0.862 bits per heavy atom. The van der Waals surface area contributed by atoms with Crippen LogP contribution in [-0.4, -0.2) is 28.4 Å². The maximum absolute atomic E-state index is 10.4. The van der Waals surface area contributed by atoms with E-state index in [0.717, 1.165) is 64.2 Å². The SMILES string of the molecule is CCC(CCCCCCC(O)CCCCCCCC(=O)O)OCc1ccccc1. The number of carboxylic acid groups (broad SMARTS) is 1. The summed E-state index contributed by atoms with van der Waals surface area (Å²) in [5.74, 6) is -0.703. The molecule has 4 heteroatoms. The van der Waals surface area contributed by atoms with Crippen molar-refractivity contribution in [2.24, 2.45) is 0 Å². The molecule has 2 unspecified atom stereocenters. The van der Waals surface area contributed by atoms with Gasteiger partial charge in [-0.1, -0.05) is 88.6 Å². The number of hydrogen-bond acceptors (Lipinski definition) is 3. The highest BCUT2D eigenvalue weighted by Gasteiger charge is 2.08. The Balaban J connectivity index is 1.92. The summed E-state index contributed by atoms with van der Waals surface area (Å²) < 4.78 is 6.04. The zero-order chi connectivity index (χ0) is 21.2. The number of rotatable bonds is 19. The number of unbranched alkanes of at least 4 members (excludes halogenated alkanes) is 7. The molecule has 0 aliphatic carbocycles. The van der Waals surface area contributed by atoms with E-state index in [1.807, 2.05) is 6.07 Å². The van der Waals surface area contributed by atoms with Crippen LogP contribution in [0.2, 0.25) is 0 Å². The standard InChI is InChI=1S/C25H42O4/c1-2-24(29-21-22-15-9-8-10-16-22)19-13-7-6-12-18-23(26)17-11-4-3-5-14-20-25(27)28/h8-10,15-16,23-24,26H,2-7,11-14,17-21H2,1H3,(H,27,28). The third-order valence-electron chi connectivity index (χ3n) is 5.53. The maximum Gasteiger partial charge on any atom is 0.303 e.